The lowest BCUT2D eigenvalue weighted by Gasteiger charge is -2.34. The van der Waals surface area contributed by atoms with Crippen LogP contribution in [0.25, 0.3) is 0 Å². The number of hydrogen-bond donors (Lipinski definition) is 0. The van der Waals surface area contributed by atoms with Crippen LogP contribution in [0.15, 0.2) is 0 Å². The van der Waals surface area contributed by atoms with Crippen molar-refractivity contribution < 1.29 is 14.3 Å². The minimum atomic E-state index is 0.170. The van der Waals surface area contributed by atoms with Crippen LogP contribution in [0.3, 0.4) is 0 Å². The molecule has 0 N–H and O–H groups in total. The maximum atomic E-state index is 12.1. The molecule has 3 heterocycles. The number of Topliss-reactive ketones (excluding diaryl/α,β-unsaturated/α-hetero) is 1. The predicted molar refractivity (Wildman–Crippen MR) is 65.2 cm³/mol. The number of carbonyl (C=O) groups is 2. The summed E-state index contributed by atoms with van der Waals surface area (Å²) >= 11 is 0. The second-order valence-electron chi connectivity index (χ2n) is 5.57. The van der Waals surface area contributed by atoms with E-state index in [1.165, 1.54) is 0 Å². The number of carbonyl (C=O) groups excluding carboxylic acids is 2. The SMILES string of the molecule is O=C1CCN(C(=O)CN2CC3CCC(C2)O3)CC1. The van der Waals surface area contributed by atoms with E-state index in [2.05, 4.69) is 4.90 Å². The monoisotopic (exact) mass is 252 g/mol. The quantitative estimate of drug-likeness (QED) is 0.696. The minimum Gasteiger partial charge on any atom is -0.372 e. The minimum absolute atomic E-state index is 0.170. The van der Waals surface area contributed by atoms with Gasteiger partial charge in [0.15, 0.2) is 0 Å². The second-order valence-corrected chi connectivity index (χ2v) is 5.57. The van der Waals surface area contributed by atoms with E-state index in [4.69, 9.17) is 4.74 Å². The van der Waals surface area contributed by atoms with Crippen molar-refractivity contribution in [2.75, 3.05) is 32.7 Å². The molecule has 0 spiro atoms. The van der Waals surface area contributed by atoms with Gasteiger partial charge in [0.2, 0.25) is 5.91 Å². The molecule has 3 fully saturated rings. The van der Waals surface area contributed by atoms with Gasteiger partial charge in [0.1, 0.15) is 5.78 Å². The molecular formula is C13H20N2O3. The Kier molecular flexibility index (Phi) is 3.35. The van der Waals surface area contributed by atoms with Crippen LogP contribution >= 0.6 is 0 Å². The van der Waals surface area contributed by atoms with Gasteiger partial charge in [-0.1, -0.05) is 0 Å². The molecule has 0 aromatic carbocycles. The first kappa shape index (κ1) is 12.1. The van der Waals surface area contributed by atoms with Crippen LogP contribution in [0.4, 0.5) is 0 Å². The molecular weight excluding hydrogens is 232 g/mol. The standard InChI is InChI=1S/C13H20N2O3/c16-10-3-5-15(6-4-10)13(17)9-14-7-11-1-2-12(8-14)18-11/h11-12H,1-9H2. The number of amides is 1. The van der Waals surface area contributed by atoms with Gasteiger partial charge in [-0.15, -0.1) is 0 Å². The van der Waals surface area contributed by atoms with Crippen LogP contribution < -0.4 is 0 Å². The molecule has 18 heavy (non-hydrogen) atoms. The van der Waals surface area contributed by atoms with Crippen LogP contribution in [0.1, 0.15) is 25.7 Å². The number of morpholine rings is 1. The van der Waals surface area contributed by atoms with Crippen molar-refractivity contribution in [1.82, 2.24) is 9.80 Å². The van der Waals surface area contributed by atoms with Crippen molar-refractivity contribution in [3.63, 3.8) is 0 Å². The van der Waals surface area contributed by atoms with Gasteiger partial charge >= 0.3 is 0 Å². The van der Waals surface area contributed by atoms with E-state index in [9.17, 15) is 9.59 Å². The highest BCUT2D eigenvalue weighted by Crippen LogP contribution is 2.26. The molecule has 5 nitrogen and oxygen atoms in total. The fourth-order valence-electron chi connectivity index (χ4n) is 3.13. The van der Waals surface area contributed by atoms with E-state index in [-0.39, 0.29) is 11.7 Å². The molecule has 3 aliphatic heterocycles. The molecule has 0 saturated carbocycles. The summed E-state index contributed by atoms with van der Waals surface area (Å²) in [5.74, 6) is 0.451. The largest absolute Gasteiger partial charge is 0.372 e. The first-order valence-corrected chi connectivity index (χ1v) is 6.88. The summed E-state index contributed by atoms with van der Waals surface area (Å²) in [6.07, 6.45) is 3.99. The second kappa shape index (κ2) is 4.97. The number of likely N-dealkylation sites (tertiary alicyclic amines) is 2. The third kappa shape index (κ3) is 2.57. The lowest BCUT2D eigenvalue weighted by molar-refractivity contribution is -0.137. The normalized spacial score (nSPS) is 32.9. The maximum absolute atomic E-state index is 12.1. The Bertz CT molecular complexity index is 336. The van der Waals surface area contributed by atoms with Gasteiger partial charge in [-0.25, -0.2) is 0 Å². The number of rotatable bonds is 2. The van der Waals surface area contributed by atoms with Gasteiger partial charge in [-0.2, -0.15) is 0 Å². The third-order valence-corrected chi connectivity index (χ3v) is 4.15. The molecule has 2 atom stereocenters. The maximum Gasteiger partial charge on any atom is 0.236 e. The summed E-state index contributed by atoms with van der Waals surface area (Å²) < 4.78 is 5.76. The Hall–Kier alpha value is -0.940. The van der Waals surface area contributed by atoms with Crippen molar-refractivity contribution in [3.8, 4) is 0 Å². The van der Waals surface area contributed by atoms with Gasteiger partial charge in [0, 0.05) is 39.0 Å². The molecule has 2 unspecified atom stereocenters. The lowest BCUT2D eigenvalue weighted by atomic mass is 10.1. The van der Waals surface area contributed by atoms with Crippen molar-refractivity contribution in [1.29, 1.82) is 0 Å². The van der Waals surface area contributed by atoms with Crippen molar-refractivity contribution in [3.05, 3.63) is 0 Å². The van der Waals surface area contributed by atoms with Crippen LogP contribution in [-0.2, 0) is 14.3 Å². The van der Waals surface area contributed by atoms with E-state index >= 15 is 0 Å². The number of fused-ring (bicyclic) bond motifs is 2. The summed E-state index contributed by atoms with van der Waals surface area (Å²) in [5.41, 5.74) is 0. The first-order valence-electron chi connectivity index (χ1n) is 6.88. The highest BCUT2D eigenvalue weighted by molar-refractivity contribution is 5.84. The van der Waals surface area contributed by atoms with Crippen molar-refractivity contribution in [2.24, 2.45) is 0 Å². The van der Waals surface area contributed by atoms with Crippen LogP contribution in [0.5, 0.6) is 0 Å². The zero-order valence-electron chi connectivity index (χ0n) is 10.6. The van der Waals surface area contributed by atoms with Crippen LogP contribution in [0, 0.1) is 0 Å². The summed E-state index contributed by atoms with van der Waals surface area (Å²) in [6.45, 7) is 3.47. The Balaban J connectivity index is 1.50. The highest BCUT2D eigenvalue weighted by atomic mass is 16.5. The predicted octanol–water partition coefficient (Wildman–Crippen LogP) is 0.0411. The number of ether oxygens (including phenoxy) is 1. The summed E-state index contributed by atoms with van der Waals surface area (Å²) in [4.78, 5) is 27.3. The van der Waals surface area contributed by atoms with Crippen molar-refractivity contribution >= 4 is 11.7 Å². The molecule has 0 aromatic heterocycles. The van der Waals surface area contributed by atoms with E-state index in [0.717, 1.165) is 25.9 Å². The van der Waals surface area contributed by atoms with Crippen LogP contribution in [-0.4, -0.2) is 66.4 Å². The van der Waals surface area contributed by atoms with Crippen molar-refractivity contribution in [2.45, 2.75) is 37.9 Å². The number of hydrogen-bond acceptors (Lipinski definition) is 4. The van der Waals surface area contributed by atoms with Gasteiger partial charge in [0.25, 0.3) is 0 Å². The molecule has 3 aliphatic rings. The zero-order chi connectivity index (χ0) is 12.5. The van der Waals surface area contributed by atoms with Gasteiger partial charge in [-0.3, -0.25) is 14.5 Å². The molecule has 5 heteroatoms. The van der Waals surface area contributed by atoms with E-state index in [1.54, 1.807) is 0 Å². The molecule has 3 rings (SSSR count). The summed E-state index contributed by atoms with van der Waals surface area (Å²) in [6, 6.07) is 0. The fraction of sp³-hybridized carbons (Fsp3) is 0.846. The van der Waals surface area contributed by atoms with Gasteiger partial charge in [0.05, 0.1) is 18.8 Å². The number of nitrogens with zero attached hydrogens (tertiary/aromatic N) is 2. The number of piperidine rings is 1. The molecule has 100 valence electrons. The average Bonchev–Trinajstić information content (AvgIpc) is 2.69. The summed E-state index contributed by atoms with van der Waals surface area (Å²) in [7, 11) is 0. The topological polar surface area (TPSA) is 49.9 Å². The molecule has 3 saturated heterocycles. The van der Waals surface area contributed by atoms with Crippen LogP contribution in [0.2, 0.25) is 0 Å². The number of ketones is 1. The smallest absolute Gasteiger partial charge is 0.236 e. The highest BCUT2D eigenvalue weighted by Gasteiger charge is 2.35. The fourth-order valence-corrected chi connectivity index (χ4v) is 3.13. The summed E-state index contributed by atoms with van der Waals surface area (Å²) in [5, 5.41) is 0. The Morgan fingerprint density at radius 1 is 1.17 bits per heavy atom. The van der Waals surface area contributed by atoms with E-state index in [1.807, 2.05) is 4.90 Å². The van der Waals surface area contributed by atoms with Gasteiger partial charge < -0.3 is 9.64 Å². The van der Waals surface area contributed by atoms with Gasteiger partial charge in [-0.05, 0) is 12.8 Å². The molecule has 0 radical (unpaired) electrons. The lowest BCUT2D eigenvalue weighted by Crippen LogP contribution is -2.49. The zero-order valence-corrected chi connectivity index (χ0v) is 10.6. The Morgan fingerprint density at radius 3 is 2.39 bits per heavy atom. The molecule has 0 aromatic rings. The average molecular weight is 252 g/mol. The Labute approximate surface area is 107 Å². The molecule has 1 amide bonds. The molecule has 2 bridgehead atoms. The first-order chi connectivity index (χ1) is 8.70. The third-order valence-electron chi connectivity index (χ3n) is 4.15. The Morgan fingerprint density at radius 2 is 1.78 bits per heavy atom. The van der Waals surface area contributed by atoms with E-state index < -0.39 is 0 Å². The van der Waals surface area contributed by atoms with E-state index in [0.29, 0.717) is 44.7 Å². The molecule has 0 aliphatic carbocycles.